The molecular formula is C24H30N2O4. The topological polar surface area (TPSA) is 72.6 Å². The molecule has 0 N–H and O–H groups in total. The van der Waals surface area contributed by atoms with Crippen molar-refractivity contribution in [2.24, 2.45) is 17.3 Å². The Balaban J connectivity index is 1.49. The van der Waals surface area contributed by atoms with E-state index in [1.165, 1.54) is 5.56 Å². The molecule has 1 aliphatic carbocycles. The SMILES string of the molecule is CCOC(=O)C1(Cc2cc(-c3ccc(C)cc3)no2)CCN(C(=O)[C@H]2C[C@H]2C)CC1. The molecule has 0 spiro atoms. The minimum Gasteiger partial charge on any atom is -0.466 e. The molecule has 0 bridgehead atoms. The normalized spacial score (nSPS) is 22.6. The number of benzene rings is 1. The fraction of sp³-hybridized carbons (Fsp3) is 0.542. The summed E-state index contributed by atoms with van der Waals surface area (Å²) in [5.41, 5.74) is 2.26. The van der Waals surface area contributed by atoms with Crippen molar-refractivity contribution in [2.75, 3.05) is 19.7 Å². The molecule has 1 aromatic carbocycles. The van der Waals surface area contributed by atoms with E-state index in [2.05, 4.69) is 12.1 Å². The average Bonchev–Trinajstić information content (AvgIpc) is 3.30. The van der Waals surface area contributed by atoms with Crippen LogP contribution in [-0.2, 0) is 20.7 Å². The Kier molecular flexibility index (Phi) is 5.67. The number of nitrogens with zero attached hydrogens (tertiary/aromatic N) is 2. The fourth-order valence-corrected chi connectivity index (χ4v) is 4.38. The van der Waals surface area contributed by atoms with Gasteiger partial charge in [-0.1, -0.05) is 41.9 Å². The molecular weight excluding hydrogens is 380 g/mol. The van der Waals surface area contributed by atoms with Crippen molar-refractivity contribution in [3.8, 4) is 11.3 Å². The molecule has 2 atom stereocenters. The molecule has 1 aliphatic heterocycles. The third-order valence-electron chi connectivity index (χ3n) is 6.59. The highest BCUT2D eigenvalue weighted by Crippen LogP contribution is 2.42. The lowest BCUT2D eigenvalue weighted by Crippen LogP contribution is -2.48. The van der Waals surface area contributed by atoms with Gasteiger partial charge in [-0.25, -0.2) is 0 Å². The lowest BCUT2D eigenvalue weighted by atomic mass is 9.74. The molecule has 6 heteroatoms. The number of esters is 1. The molecule has 1 amide bonds. The number of rotatable bonds is 6. The summed E-state index contributed by atoms with van der Waals surface area (Å²) in [5, 5.41) is 4.21. The van der Waals surface area contributed by atoms with E-state index in [-0.39, 0.29) is 17.8 Å². The molecule has 160 valence electrons. The molecule has 30 heavy (non-hydrogen) atoms. The molecule has 2 fully saturated rings. The lowest BCUT2D eigenvalue weighted by molar-refractivity contribution is -0.160. The van der Waals surface area contributed by atoms with Crippen molar-refractivity contribution in [2.45, 2.75) is 46.5 Å². The number of hydrogen-bond donors (Lipinski definition) is 0. The van der Waals surface area contributed by atoms with Gasteiger partial charge in [0.25, 0.3) is 0 Å². The van der Waals surface area contributed by atoms with E-state index in [4.69, 9.17) is 9.26 Å². The van der Waals surface area contributed by atoms with Crippen LogP contribution in [0.15, 0.2) is 34.9 Å². The number of likely N-dealkylation sites (tertiary alicyclic amines) is 1. The first-order chi connectivity index (χ1) is 14.4. The van der Waals surface area contributed by atoms with Crippen LogP contribution < -0.4 is 0 Å². The molecule has 1 saturated heterocycles. The number of hydrogen-bond acceptors (Lipinski definition) is 5. The predicted molar refractivity (Wildman–Crippen MR) is 113 cm³/mol. The quantitative estimate of drug-likeness (QED) is 0.673. The zero-order valence-electron chi connectivity index (χ0n) is 18.0. The van der Waals surface area contributed by atoms with Gasteiger partial charge < -0.3 is 14.2 Å². The first-order valence-corrected chi connectivity index (χ1v) is 10.9. The van der Waals surface area contributed by atoms with Crippen molar-refractivity contribution in [1.82, 2.24) is 10.1 Å². The maximum absolute atomic E-state index is 12.9. The summed E-state index contributed by atoms with van der Waals surface area (Å²) >= 11 is 0. The van der Waals surface area contributed by atoms with Gasteiger partial charge in [0.1, 0.15) is 11.5 Å². The van der Waals surface area contributed by atoms with Gasteiger partial charge in [-0.15, -0.1) is 0 Å². The van der Waals surface area contributed by atoms with Gasteiger partial charge in [-0.05, 0) is 39.0 Å². The second kappa shape index (κ2) is 8.25. The highest BCUT2D eigenvalue weighted by molar-refractivity contribution is 5.82. The number of aromatic nitrogens is 1. The molecule has 6 nitrogen and oxygen atoms in total. The van der Waals surface area contributed by atoms with Gasteiger partial charge >= 0.3 is 5.97 Å². The summed E-state index contributed by atoms with van der Waals surface area (Å²) in [5.74, 6) is 1.37. The second-order valence-electron chi connectivity index (χ2n) is 8.87. The fourth-order valence-electron chi connectivity index (χ4n) is 4.38. The van der Waals surface area contributed by atoms with Crippen LogP contribution in [0.4, 0.5) is 0 Å². The van der Waals surface area contributed by atoms with Crippen LogP contribution in [0.5, 0.6) is 0 Å². The molecule has 1 aromatic heterocycles. The van der Waals surface area contributed by atoms with Gasteiger partial charge in [-0.3, -0.25) is 9.59 Å². The number of amides is 1. The van der Waals surface area contributed by atoms with E-state index >= 15 is 0 Å². The van der Waals surface area contributed by atoms with E-state index in [0.29, 0.717) is 50.6 Å². The number of carbonyl (C=O) groups excluding carboxylic acids is 2. The van der Waals surface area contributed by atoms with Gasteiger partial charge in [0, 0.05) is 37.1 Å². The number of carbonyl (C=O) groups is 2. The molecule has 2 aliphatic rings. The van der Waals surface area contributed by atoms with E-state index in [1.54, 1.807) is 0 Å². The predicted octanol–water partition coefficient (Wildman–Crippen LogP) is 4.02. The molecule has 2 heterocycles. The maximum atomic E-state index is 12.9. The highest BCUT2D eigenvalue weighted by atomic mass is 16.5. The Morgan fingerprint density at radius 1 is 1.23 bits per heavy atom. The molecule has 1 saturated carbocycles. The summed E-state index contributed by atoms with van der Waals surface area (Å²) in [6, 6.07) is 10.0. The smallest absolute Gasteiger partial charge is 0.312 e. The Labute approximate surface area is 177 Å². The average molecular weight is 411 g/mol. The lowest BCUT2D eigenvalue weighted by Gasteiger charge is -2.39. The third kappa shape index (κ3) is 4.13. The van der Waals surface area contributed by atoms with E-state index in [0.717, 1.165) is 17.7 Å². The molecule has 0 unspecified atom stereocenters. The first kappa shape index (κ1) is 20.6. The summed E-state index contributed by atoms with van der Waals surface area (Å²) in [4.78, 5) is 27.4. The summed E-state index contributed by atoms with van der Waals surface area (Å²) in [7, 11) is 0. The summed E-state index contributed by atoms with van der Waals surface area (Å²) in [6.45, 7) is 7.49. The van der Waals surface area contributed by atoms with Crippen LogP contribution in [0.1, 0.15) is 44.4 Å². The second-order valence-corrected chi connectivity index (χ2v) is 8.87. The van der Waals surface area contributed by atoms with Crippen LogP contribution >= 0.6 is 0 Å². The third-order valence-corrected chi connectivity index (χ3v) is 6.59. The standard InChI is InChI=1S/C24H30N2O4/c1-4-29-23(28)24(9-11-26(12-10-24)22(27)20-13-17(20)3)15-19-14-21(25-30-19)18-7-5-16(2)6-8-18/h5-8,14,17,20H,4,9-13,15H2,1-3H3/t17-,20+/m1/s1. The molecule has 4 rings (SSSR count). The van der Waals surface area contributed by atoms with Crippen LogP contribution in [-0.4, -0.2) is 41.6 Å². The van der Waals surface area contributed by atoms with Gasteiger partial charge in [0.05, 0.1) is 12.0 Å². The summed E-state index contributed by atoms with van der Waals surface area (Å²) in [6.07, 6.45) is 2.59. The van der Waals surface area contributed by atoms with E-state index in [1.807, 2.05) is 49.1 Å². The maximum Gasteiger partial charge on any atom is 0.312 e. The van der Waals surface area contributed by atoms with Gasteiger partial charge in [0.15, 0.2) is 0 Å². The molecule has 2 aromatic rings. The van der Waals surface area contributed by atoms with Gasteiger partial charge in [-0.2, -0.15) is 0 Å². The van der Waals surface area contributed by atoms with Crippen molar-refractivity contribution in [3.05, 3.63) is 41.7 Å². The van der Waals surface area contributed by atoms with E-state index in [9.17, 15) is 9.59 Å². The Morgan fingerprint density at radius 3 is 2.50 bits per heavy atom. The van der Waals surface area contributed by atoms with Crippen molar-refractivity contribution >= 4 is 11.9 Å². The van der Waals surface area contributed by atoms with Crippen LogP contribution in [0.25, 0.3) is 11.3 Å². The Morgan fingerprint density at radius 2 is 1.90 bits per heavy atom. The highest BCUT2D eigenvalue weighted by Gasteiger charge is 2.47. The minimum atomic E-state index is -0.675. The minimum absolute atomic E-state index is 0.173. The Bertz CT molecular complexity index is 910. The zero-order valence-corrected chi connectivity index (χ0v) is 18.0. The Hall–Kier alpha value is -2.63. The summed E-state index contributed by atoms with van der Waals surface area (Å²) < 4.78 is 11.0. The monoisotopic (exact) mass is 410 g/mol. The van der Waals surface area contributed by atoms with Crippen LogP contribution in [0, 0.1) is 24.2 Å². The van der Waals surface area contributed by atoms with Crippen LogP contribution in [0.3, 0.4) is 0 Å². The largest absolute Gasteiger partial charge is 0.466 e. The van der Waals surface area contributed by atoms with Gasteiger partial charge in [0.2, 0.25) is 5.91 Å². The van der Waals surface area contributed by atoms with Crippen molar-refractivity contribution in [1.29, 1.82) is 0 Å². The van der Waals surface area contributed by atoms with Crippen LogP contribution in [0.2, 0.25) is 0 Å². The van der Waals surface area contributed by atoms with Crippen molar-refractivity contribution < 1.29 is 18.8 Å². The van der Waals surface area contributed by atoms with E-state index < -0.39 is 5.41 Å². The first-order valence-electron chi connectivity index (χ1n) is 10.9. The molecule has 0 radical (unpaired) electrons. The van der Waals surface area contributed by atoms with Crippen molar-refractivity contribution in [3.63, 3.8) is 0 Å². The number of piperidine rings is 1. The number of ether oxygens (including phenoxy) is 1. The number of aryl methyl sites for hydroxylation is 1. The zero-order chi connectivity index (χ0) is 21.3.